The van der Waals surface area contributed by atoms with Gasteiger partial charge in [0, 0.05) is 32.0 Å². The third-order valence-electron chi connectivity index (χ3n) is 2.99. The van der Waals surface area contributed by atoms with Crippen molar-refractivity contribution in [1.29, 1.82) is 0 Å². The van der Waals surface area contributed by atoms with Gasteiger partial charge in [-0.3, -0.25) is 9.59 Å². The fourth-order valence-electron chi connectivity index (χ4n) is 1.84. The van der Waals surface area contributed by atoms with E-state index in [0.717, 1.165) is 5.69 Å². The summed E-state index contributed by atoms with van der Waals surface area (Å²) in [7, 11) is 1.96. The van der Waals surface area contributed by atoms with E-state index in [9.17, 15) is 9.59 Å². The van der Waals surface area contributed by atoms with Crippen LogP contribution in [0.4, 0.5) is 5.69 Å². The second kappa shape index (κ2) is 6.56. The summed E-state index contributed by atoms with van der Waals surface area (Å²) in [6.07, 6.45) is 1.50. The van der Waals surface area contributed by atoms with Crippen molar-refractivity contribution in [2.75, 3.05) is 25.0 Å². The third kappa shape index (κ3) is 3.47. The SMILES string of the molecule is CN(CCNC(=O)c1ccc[nH]c1=O)c1ccccc1. The van der Waals surface area contributed by atoms with Crippen molar-refractivity contribution in [3.05, 3.63) is 64.6 Å². The Kier molecular flexibility index (Phi) is 4.55. The molecule has 5 nitrogen and oxygen atoms in total. The molecule has 104 valence electrons. The number of rotatable bonds is 5. The number of amides is 1. The molecule has 0 fully saturated rings. The number of carbonyl (C=O) groups is 1. The first-order valence-corrected chi connectivity index (χ1v) is 6.40. The van der Waals surface area contributed by atoms with Crippen molar-refractivity contribution in [2.45, 2.75) is 0 Å². The van der Waals surface area contributed by atoms with Gasteiger partial charge < -0.3 is 15.2 Å². The molecule has 0 spiro atoms. The molecule has 1 heterocycles. The lowest BCUT2D eigenvalue weighted by Crippen LogP contribution is -2.35. The van der Waals surface area contributed by atoms with Crippen molar-refractivity contribution < 1.29 is 4.79 Å². The van der Waals surface area contributed by atoms with Gasteiger partial charge in [0.1, 0.15) is 5.56 Å². The van der Waals surface area contributed by atoms with Gasteiger partial charge >= 0.3 is 0 Å². The van der Waals surface area contributed by atoms with Gasteiger partial charge in [-0.1, -0.05) is 18.2 Å². The normalized spacial score (nSPS) is 10.1. The van der Waals surface area contributed by atoms with E-state index in [4.69, 9.17) is 0 Å². The van der Waals surface area contributed by atoms with Crippen LogP contribution in [0.5, 0.6) is 0 Å². The van der Waals surface area contributed by atoms with E-state index in [1.54, 1.807) is 6.07 Å². The monoisotopic (exact) mass is 271 g/mol. The number of benzene rings is 1. The Hall–Kier alpha value is -2.56. The van der Waals surface area contributed by atoms with Crippen LogP contribution in [0.25, 0.3) is 0 Å². The minimum Gasteiger partial charge on any atom is -0.373 e. The van der Waals surface area contributed by atoms with Crippen molar-refractivity contribution >= 4 is 11.6 Å². The molecule has 0 radical (unpaired) electrons. The van der Waals surface area contributed by atoms with Gasteiger partial charge in [0.2, 0.25) is 0 Å². The molecule has 0 atom stereocenters. The number of H-pyrrole nitrogens is 1. The first-order valence-electron chi connectivity index (χ1n) is 6.40. The number of pyridine rings is 1. The van der Waals surface area contributed by atoms with Crippen molar-refractivity contribution in [3.63, 3.8) is 0 Å². The van der Waals surface area contributed by atoms with Crippen LogP contribution in [-0.4, -0.2) is 31.0 Å². The summed E-state index contributed by atoms with van der Waals surface area (Å²) in [4.78, 5) is 27.8. The van der Waals surface area contributed by atoms with E-state index in [0.29, 0.717) is 13.1 Å². The second-order valence-corrected chi connectivity index (χ2v) is 4.43. The number of anilines is 1. The van der Waals surface area contributed by atoms with Gasteiger partial charge in [0.15, 0.2) is 0 Å². The van der Waals surface area contributed by atoms with Crippen LogP contribution >= 0.6 is 0 Å². The van der Waals surface area contributed by atoms with E-state index in [1.807, 2.05) is 42.3 Å². The van der Waals surface area contributed by atoms with Crippen molar-refractivity contribution in [3.8, 4) is 0 Å². The maximum absolute atomic E-state index is 11.8. The van der Waals surface area contributed by atoms with Gasteiger partial charge in [-0.25, -0.2) is 0 Å². The molecule has 1 amide bonds. The van der Waals surface area contributed by atoms with E-state index in [2.05, 4.69) is 10.3 Å². The lowest BCUT2D eigenvalue weighted by molar-refractivity contribution is 0.0953. The quantitative estimate of drug-likeness (QED) is 0.860. The van der Waals surface area contributed by atoms with E-state index >= 15 is 0 Å². The smallest absolute Gasteiger partial charge is 0.260 e. The molecule has 5 heteroatoms. The van der Waals surface area contributed by atoms with E-state index in [1.165, 1.54) is 12.3 Å². The van der Waals surface area contributed by atoms with Gasteiger partial charge in [-0.15, -0.1) is 0 Å². The zero-order chi connectivity index (χ0) is 14.4. The molecule has 2 rings (SSSR count). The first-order chi connectivity index (χ1) is 9.68. The molecule has 0 bridgehead atoms. The molecule has 0 saturated heterocycles. The third-order valence-corrected chi connectivity index (χ3v) is 2.99. The number of para-hydroxylation sites is 1. The Morgan fingerprint density at radius 3 is 2.65 bits per heavy atom. The predicted octanol–water partition coefficient (Wildman–Crippen LogP) is 1.24. The van der Waals surface area contributed by atoms with Gasteiger partial charge in [0.25, 0.3) is 11.5 Å². The molecule has 2 N–H and O–H groups in total. The number of hydrogen-bond donors (Lipinski definition) is 2. The molecule has 0 unspecified atom stereocenters. The van der Waals surface area contributed by atoms with Crippen LogP contribution in [0.15, 0.2) is 53.5 Å². The fraction of sp³-hybridized carbons (Fsp3) is 0.200. The van der Waals surface area contributed by atoms with E-state index in [-0.39, 0.29) is 17.0 Å². The van der Waals surface area contributed by atoms with Crippen LogP contribution in [0.3, 0.4) is 0 Å². The Morgan fingerprint density at radius 1 is 1.20 bits per heavy atom. The van der Waals surface area contributed by atoms with Crippen LogP contribution in [-0.2, 0) is 0 Å². The molecule has 0 aliphatic heterocycles. The molecule has 0 aliphatic rings. The van der Waals surface area contributed by atoms with Crippen LogP contribution in [0.1, 0.15) is 10.4 Å². The number of nitrogens with one attached hydrogen (secondary N) is 2. The van der Waals surface area contributed by atoms with Crippen LogP contribution < -0.4 is 15.8 Å². The number of nitrogens with zero attached hydrogens (tertiary/aromatic N) is 1. The lowest BCUT2D eigenvalue weighted by atomic mass is 10.2. The van der Waals surface area contributed by atoms with E-state index < -0.39 is 0 Å². The largest absolute Gasteiger partial charge is 0.373 e. The van der Waals surface area contributed by atoms with Gasteiger partial charge in [0.05, 0.1) is 0 Å². The van der Waals surface area contributed by atoms with Crippen molar-refractivity contribution in [1.82, 2.24) is 10.3 Å². The topological polar surface area (TPSA) is 65.2 Å². The zero-order valence-corrected chi connectivity index (χ0v) is 11.3. The number of aromatic amines is 1. The van der Waals surface area contributed by atoms with Crippen LogP contribution in [0.2, 0.25) is 0 Å². The summed E-state index contributed by atoms with van der Waals surface area (Å²) in [5.41, 5.74) is 0.843. The summed E-state index contributed by atoms with van der Waals surface area (Å²) in [5, 5.41) is 2.74. The average Bonchev–Trinajstić information content (AvgIpc) is 2.48. The molecule has 1 aromatic carbocycles. The lowest BCUT2D eigenvalue weighted by Gasteiger charge is -2.19. The number of hydrogen-bond acceptors (Lipinski definition) is 3. The molecule has 0 aliphatic carbocycles. The highest BCUT2D eigenvalue weighted by atomic mass is 16.2. The maximum atomic E-state index is 11.8. The molecular weight excluding hydrogens is 254 g/mol. The summed E-state index contributed by atoms with van der Waals surface area (Å²) < 4.78 is 0. The fourth-order valence-corrected chi connectivity index (χ4v) is 1.84. The zero-order valence-electron chi connectivity index (χ0n) is 11.3. The Bertz CT molecular complexity index is 622. The van der Waals surface area contributed by atoms with Crippen LogP contribution in [0, 0.1) is 0 Å². The summed E-state index contributed by atoms with van der Waals surface area (Å²) in [6, 6.07) is 13.0. The molecule has 20 heavy (non-hydrogen) atoms. The predicted molar refractivity (Wildman–Crippen MR) is 79.1 cm³/mol. The minimum absolute atomic E-state index is 0.134. The Balaban J connectivity index is 1.86. The molecule has 0 saturated carbocycles. The molecule has 1 aromatic heterocycles. The summed E-state index contributed by atoms with van der Waals surface area (Å²) in [6.45, 7) is 1.14. The number of carbonyl (C=O) groups excluding carboxylic acids is 1. The summed E-state index contributed by atoms with van der Waals surface area (Å²) in [5.74, 6) is -0.353. The Morgan fingerprint density at radius 2 is 1.95 bits per heavy atom. The Labute approximate surface area is 117 Å². The highest BCUT2D eigenvalue weighted by Gasteiger charge is 2.09. The standard InChI is InChI=1S/C15H17N3O2/c1-18(12-6-3-2-4-7-12)11-10-17-15(20)13-8-5-9-16-14(13)19/h2-9H,10-11H2,1H3,(H,16,19)(H,17,20). The first kappa shape index (κ1) is 13.9. The minimum atomic E-state index is -0.374. The maximum Gasteiger partial charge on any atom is 0.260 e. The number of likely N-dealkylation sites (N-methyl/N-ethyl adjacent to an activating group) is 1. The second-order valence-electron chi connectivity index (χ2n) is 4.43. The highest BCUT2D eigenvalue weighted by Crippen LogP contribution is 2.09. The van der Waals surface area contributed by atoms with Gasteiger partial charge in [-0.05, 0) is 24.3 Å². The number of aromatic nitrogens is 1. The summed E-state index contributed by atoms with van der Waals surface area (Å²) >= 11 is 0. The van der Waals surface area contributed by atoms with Gasteiger partial charge in [-0.2, -0.15) is 0 Å². The van der Waals surface area contributed by atoms with Crippen molar-refractivity contribution in [2.24, 2.45) is 0 Å². The average molecular weight is 271 g/mol. The highest BCUT2D eigenvalue weighted by molar-refractivity contribution is 5.93. The molecular formula is C15H17N3O2. The molecule has 2 aromatic rings.